The molecule has 0 saturated heterocycles. The van der Waals surface area contributed by atoms with Gasteiger partial charge in [0.1, 0.15) is 5.52 Å². The Morgan fingerprint density at radius 3 is 2.28 bits per heavy atom. The van der Waals surface area contributed by atoms with E-state index in [1.807, 2.05) is 48.5 Å². The first-order valence-electron chi connectivity index (χ1n) is 8.40. The number of para-hydroxylation sites is 3. The van der Waals surface area contributed by atoms with Gasteiger partial charge >= 0.3 is 0 Å². The molecule has 0 fully saturated rings. The molecule has 120 valence electrons. The summed E-state index contributed by atoms with van der Waals surface area (Å²) in [5.74, 6) is 0. The van der Waals surface area contributed by atoms with E-state index in [9.17, 15) is 4.79 Å². The van der Waals surface area contributed by atoms with E-state index < -0.39 is 0 Å². The first-order chi connectivity index (χ1) is 12.3. The highest BCUT2D eigenvalue weighted by Gasteiger charge is 2.16. The second-order valence-electron chi connectivity index (χ2n) is 6.31. The van der Waals surface area contributed by atoms with Gasteiger partial charge in [0, 0.05) is 11.8 Å². The van der Waals surface area contributed by atoms with E-state index in [0.717, 1.165) is 39.4 Å². The van der Waals surface area contributed by atoms with Crippen molar-refractivity contribution in [3.05, 3.63) is 100 Å². The van der Waals surface area contributed by atoms with Crippen molar-refractivity contribution in [2.45, 2.75) is 6.42 Å². The first-order valence-corrected chi connectivity index (χ1v) is 8.40. The van der Waals surface area contributed by atoms with Crippen molar-refractivity contribution in [1.82, 2.24) is 9.38 Å². The van der Waals surface area contributed by atoms with E-state index in [2.05, 4.69) is 39.7 Å². The molecule has 2 aromatic heterocycles. The zero-order chi connectivity index (χ0) is 16.8. The lowest BCUT2D eigenvalue weighted by molar-refractivity contribution is 1.17. The van der Waals surface area contributed by atoms with Gasteiger partial charge in [0.2, 0.25) is 0 Å². The minimum atomic E-state index is -0.0409. The molecule has 0 amide bonds. The van der Waals surface area contributed by atoms with E-state index >= 15 is 0 Å². The molecule has 0 spiro atoms. The van der Waals surface area contributed by atoms with Crippen LogP contribution >= 0.6 is 0 Å². The second kappa shape index (κ2) is 5.35. The van der Waals surface area contributed by atoms with Crippen LogP contribution in [0.3, 0.4) is 0 Å². The molecule has 5 aromatic rings. The number of H-pyrrole nitrogens is 1. The number of fused-ring (bicyclic) bond motifs is 5. The molecule has 0 aliphatic rings. The Kier molecular flexibility index (Phi) is 3.01. The monoisotopic (exact) mass is 324 g/mol. The smallest absolute Gasteiger partial charge is 0.273 e. The summed E-state index contributed by atoms with van der Waals surface area (Å²) < 4.78 is 2.10. The number of rotatable bonds is 2. The van der Waals surface area contributed by atoms with E-state index in [1.165, 1.54) is 5.56 Å². The van der Waals surface area contributed by atoms with Crippen LogP contribution in [0.25, 0.3) is 27.5 Å². The maximum absolute atomic E-state index is 12.9. The van der Waals surface area contributed by atoms with Crippen LogP contribution in [-0.2, 0) is 6.42 Å². The minimum Gasteiger partial charge on any atom is -0.319 e. The molecule has 25 heavy (non-hydrogen) atoms. The van der Waals surface area contributed by atoms with Crippen molar-refractivity contribution >= 4 is 27.5 Å². The fourth-order valence-electron chi connectivity index (χ4n) is 3.73. The molecule has 0 radical (unpaired) electrons. The molecule has 0 aliphatic heterocycles. The van der Waals surface area contributed by atoms with Crippen LogP contribution in [0.5, 0.6) is 0 Å². The zero-order valence-electron chi connectivity index (χ0n) is 13.6. The molecule has 0 unspecified atom stereocenters. The predicted octanol–water partition coefficient (Wildman–Crippen LogP) is 4.52. The third-order valence-corrected chi connectivity index (χ3v) is 4.81. The summed E-state index contributed by atoms with van der Waals surface area (Å²) in [6.07, 6.45) is 0.735. The average Bonchev–Trinajstić information content (AvgIpc) is 2.98. The largest absolute Gasteiger partial charge is 0.319 e. The van der Waals surface area contributed by atoms with Gasteiger partial charge in [0.25, 0.3) is 5.56 Å². The molecule has 3 heteroatoms. The maximum atomic E-state index is 12.9. The van der Waals surface area contributed by atoms with E-state index in [-0.39, 0.29) is 5.56 Å². The fraction of sp³-hybridized carbons (Fsp3) is 0.0455. The van der Waals surface area contributed by atoms with Gasteiger partial charge in [-0.15, -0.1) is 0 Å². The molecule has 3 nitrogen and oxygen atoms in total. The summed E-state index contributed by atoms with van der Waals surface area (Å²) in [5.41, 5.74) is 5.93. The Bertz CT molecular complexity index is 1280. The third kappa shape index (κ3) is 2.09. The predicted molar refractivity (Wildman–Crippen MR) is 102 cm³/mol. The summed E-state index contributed by atoms with van der Waals surface area (Å²) >= 11 is 0. The van der Waals surface area contributed by atoms with Crippen LogP contribution in [0.4, 0.5) is 0 Å². The third-order valence-electron chi connectivity index (χ3n) is 4.81. The molecule has 0 atom stereocenters. The lowest BCUT2D eigenvalue weighted by Gasteiger charge is -2.05. The zero-order valence-corrected chi connectivity index (χ0v) is 13.6. The molecule has 0 saturated carbocycles. The van der Waals surface area contributed by atoms with E-state index in [0.29, 0.717) is 0 Å². The summed E-state index contributed by atoms with van der Waals surface area (Å²) in [6.45, 7) is 0. The first kappa shape index (κ1) is 14.1. The lowest BCUT2D eigenvalue weighted by Crippen LogP contribution is -2.11. The van der Waals surface area contributed by atoms with Gasteiger partial charge in [-0.1, -0.05) is 60.7 Å². The van der Waals surface area contributed by atoms with Crippen LogP contribution < -0.4 is 5.56 Å². The van der Waals surface area contributed by atoms with Gasteiger partial charge in [-0.2, -0.15) is 0 Å². The summed E-state index contributed by atoms with van der Waals surface area (Å²) in [4.78, 5) is 15.9. The van der Waals surface area contributed by atoms with Crippen molar-refractivity contribution in [3.63, 3.8) is 0 Å². The van der Waals surface area contributed by atoms with Gasteiger partial charge in [-0.25, -0.2) is 0 Å². The van der Waals surface area contributed by atoms with Crippen molar-refractivity contribution in [2.75, 3.05) is 0 Å². The Hall–Kier alpha value is -3.33. The minimum absolute atomic E-state index is 0.0409. The molecule has 0 bridgehead atoms. The van der Waals surface area contributed by atoms with Crippen molar-refractivity contribution in [3.8, 4) is 0 Å². The van der Waals surface area contributed by atoms with Gasteiger partial charge in [-0.05, 0) is 29.3 Å². The van der Waals surface area contributed by atoms with Crippen molar-refractivity contribution in [1.29, 1.82) is 0 Å². The Morgan fingerprint density at radius 2 is 1.44 bits per heavy atom. The van der Waals surface area contributed by atoms with Crippen molar-refractivity contribution in [2.24, 2.45) is 0 Å². The maximum Gasteiger partial charge on any atom is 0.273 e. The number of hydrogen-bond acceptors (Lipinski definition) is 1. The molecular formula is C22H16N2O. The second-order valence-corrected chi connectivity index (χ2v) is 6.31. The van der Waals surface area contributed by atoms with Crippen LogP contribution in [-0.4, -0.2) is 9.38 Å². The van der Waals surface area contributed by atoms with Gasteiger partial charge in [-0.3, -0.25) is 4.79 Å². The van der Waals surface area contributed by atoms with E-state index in [1.54, 1.807) is 0 Å². The van der Waals surface area contributed by atoms with E-state index in [4.69, 9.17) is 0 Å². The lowest BCUT2D eigenvalue weighted by atomic mass is 10.0. The van der Waals surface area contributed by atoms with Crippen LogP contribution in [0.2, 0.25) is 0 Å². The molecule has 0 aliphatic carbocycles. The number of hydrogen-bond donors (Lipinski definition) is 1. The summed E-state index contributed by atoms with van der Waals surface area (Å²) in [7, 11) is 0. The fourth-order valence-corrected chi connectivity index (χ4v) is 3.73. The van der Waals surface area contributed by atoms with Crippen molar-refractivity contribution < 1.29 is 0 Å². The molecular weight excluding hydrogens is 308 g/mol. The number of nitrogens with one attached hydrogen (secondary N) is 1. The highest BCUT2D eigenvalue weighted by molar-refractivity contribution is 5.96. The normalized spacial score (nSPS) is 11.5. The van der Waals surface area contributed by atoms with Gasteiger partial charge < -0.3 is 9.38 Å². The molecule has 1 N–H and O–H groups in total. The highest BCUT2D eigenvalue weighted by atomic mass is 16.1. The number of nitrogens with zero attached hydrogens (tertiary/aromatic N) is 1. The Morgan fingerprint density at radius 1 is 0.760 bits per heavy atom. The number of aromatic nitrogens is 2. The molecule has 5 rings (SSSR count). The highest BCUT2D eigenvalue weighted by Crippen LogP contribution is 2.29. The van der Waals surface area contributed by atoms with Crippen LogP contribution in [0.15, 0.2) is 83.7 Å². The number of aromatic amines is 1. The Labute approximate surface area is 144 Å². The topological polar surface area (TPSA) is 37.3 Å². The quantitative estimate of drug-likeness (QED) is 0.509. The van der Waals surface area contributed by atoms with Gasteiger partial charge in [0.05, 0.1) is 16.6 Å². The Balaban J connectivity index is 1.96. The average molecular weight is 324 g/mol. The molecule has 3 aromatic carbocycles. The van der Waals surface area contributed by atoms with Crippen LogP contribution in [0, 0.1) is 0 Å². The standard InChI is InChI=1S/C22H16N2O/c25-22-21-17(14-15-8-2-1-3-9-15)16-10-4-6-12-19(16)24(21)20-13-7-5-11-18(20)23-22/h1-13H,14H2,(H,23,25). The summed E-state index contributed by atoms with van der Waals surface area (Å²) in [5, 5.41) is 1.13. The van der Waals surface area contributed by atoms with Gasteiger partial charge in [0.15, 0.2) is 0 Å². The molecule has 2 heterocycles. The number of benzene rings is 3. The summed E-state index contributed by atoms with van der Waals surface area (Å²) in [6, 6.07) is 26.5. The SMILES string of the molecule is O=c1[nH]c2ccccc2n2c1c(Cc1ccccc1)c1ccccc12. The van der Waals surface area contributed by atoms with Crippen LogP contribution in [0.1, 0.15) is 11.1 Å².